The summed E-state index contributed by atoms with van der Waals surface area (Å²) in [5.41, 5.74) is 1.62. The van der Waals surface area contributed by atoms with Crippen LogP contribution in [0.2, 0.25) is 19.1 Å². The minimum Gasteiger partial charge on any atom is -0.0654 e. The lowest BCUT2D eigenvalue weighted by atomic mass is 10.0. The third-order valence-electron chi connectivity index (χ3n) is 3.04. The van der Waals surface area contributed by atoms with Gasteiger partial charge in [0.15, 0.2) is 0 Å². The zero-order valence-electron chi connectivity index (χ0n) is 8.09. The Balaban J connectivity index is 2.58. The van der Waals surface area contributed by atoms with Gasteiger partial charge in [0.2, 0.25) is 0 Å². The maximum Gasteiger partial charge on any atom is 0.0815 e. The van der Waals surface area contributed by atoms with Gasteiger partial charge in [-0.1, -0.05) is 49.5 Å². The van der Waals surface area contributed by atoms with Gasteiger partial charge in [-0.05, 0) is 17.5 Å². The second-order valence-corrected chi connectivity index (χ2v) is 9.29. The zero-order chi connectivity index (χ0) is 8.77. The van der Waals surface area contributed by atoms with Gasteiger partial charge in [0.05, 0.1) is 8.07 Å². The Morgan fingerprint density at radius 2 is 1.92 bits per heavy atom. The highest BCUT2D eigenvalue weighted by Gasteiger charge is 2.35. The highest BCUT2D eigenvalue weighted by atomic mass is 28.3. The van der Waals surface area contributed by atoms with E-state index in [0.717, 1.165) is 5.92 Å². The maximum absolute atomic E-state index is 2.48. The minimum atomic E-state index is -1.02. The van der Waals surface area contributed by atoms with E-state index >= 15 is 0 Å². The third-order valence-corrected chi connectivity index (χ3v) is 6.58. The van der Waals surface area contributed by atoms with Crippen molar-refractivity contribution in [2.45, 2.75) is 32.0 Å². The fraction of sp³-hybridized carbons (Fsp3) is 0.455. The first-order valence-corrected chi connectivity index (χ1v) is 7.91. The van der Waals surface area contributed by atoms with Gasteiger partial charge < -0.3 is 0 Å². The van der Waals surface area contributed by atoms with Crippen molar-refractivity contribution in [1.82, 2.24) is 0 Å². The Bertz CT molecular complexity index is 302. The summed E-state index contributed by atoms with van der Waals surface area (Å²) in [5, 5.41) is 1.69. The molecule has 64 valence electrons. The first-order valence-electron chi connectivity index (χ1n) is 4.71. The molecule has 1 aromatic carbocycles. The SMILES string of the molecule is CC1C[Si](C)(C)c2ccccc21. The average Bonchev–Trinajstić information content (AvgIpc) is 2.25. The van der Waals surface area contributed by atoms with E-state index in [9.17, 15) is 0 Å². The van der Waals surface area contributed by atoms with Crippen molar-refractivity contribution < 1.29 is 0 Å². The van der Waals surface area contributed by atoms with Gasteiger partial charge in [-0.3, -0.25) is 0 Å². The van der Waals surface area contributed by atoms with Gasteiger partial charge in [0, 0.05) is 0 Å². The second kappa shape index (κ2) is 2.46. The fourth-order valence-electron chi connectivity index (χ4n) is 2.53. The molecule has 1 aliphatic heterocycles. The molecule has 0 radical (unpaired) electrons. The first-order chi connectivity index (χ1) is 5.61. The molecule has 0 aliphatic carbocycles. The molecule has 0 spiro atoms. The molecule has 0 nitrogen and oxygen atoms in total. The Kier molecular flexibility index (Phi) is 1.65. The lowest BCUT2D eigenvalue weighted by Gasteiger charge is -2.15. The smallest absolute Gasteiger partial charge is 0.0654 e. The predicted molar refractivity (Wildman–Crippen MR) is 56.8 cm³/mol. The molecular weight excluding hydrogens is 160 g/mol. The quantitative estimate of drug-likeness (QED) is 0.533. The third kappa shape index (κ3) is 1.04. The van der Waals surface area contributed by atoms with Crippen LogP contribution in [0.1, 0.15) is 18.4 Å². The molecule has 0 aromatic heterocycles. The van der Waals surface area contributed by atoms with Crippen LogP contribution in [0, 0.1) is 0 Å². The number of fused-ring (bicyclic) bond motifs is 1. The Morgan fingerprint density at radius 1 is 1.25 bits per heavy atom. The molecule has 0 amide bonds. The number of hydrogen-bond donors (Lipinski definition) is 0. The molecule has 1 aliphatic rings. The molecule has 1 heteroatoms. The van der Waals surface area contributed by atoms with Gasteiger partial charge in [0.25, 0.3) is 0 Å². The highest BCUT2D eigenvalue weighted by molar-refractivity contribution is 6.91. The van der Waals surface area contributed by atoms with Crippen LogP contribution in [0.15, 0.2) is 24.3 Å². The van der Waals surface area contributed by atoms with Crippen molar-refractivity contribution in [2.75, 3.05) is 0 Å². The highest BCUT2D eigenvalue weighted by Crippen LogP contribution is 2.33. The standard InChI is InChI=1S/C11H16Si/c1-9-8-12(2,3)11-7-5-4-6-10(9)11/h4-7,9H,8H2,1-3H3. The largest absolute Gasteiger partial charge is 0.0815 e. The Labute approximate surface area is 75.6 Å². The summed E-state index contributed by atoms with van der Waals surface area (Å²) in [6, 6.07) is 10.4. The van der Waals surface area contributed by atoms with Crippen LogP contribution in [-0.2, 0) is 0 Å². The normalized spacial score (nSPS) is 25.4. The van der Waals surface area contributed by atoms with Crippen LogP contribution in [0.25, 0.3) is 0 Å². The van der Waals surface area contributed by atoms with E-state index in [1.54, 1.807) is 10.8 Å². The van der Waals surface area contributed by atoms with Crippen LogP contribution in [-0.4, -0.2) is 8.07 Å². The van der Waals surface area contributed by atoms with E-state index in [1.807, 2.05) is 0 Å². The van der Waals surface area contributed by atoms with E-state index in [4.69, 9.17) is 0 Å². The molecule has 1 atom stereocenters. The van der Waals surface area contributed by atoms with E-state index in [1.165, 1.54) is 6.04 Å². The lowest BCUT2D eigenvalue weighted by molar-refractivity contribution is 0.878. The summed E-state index contributed by atoms with van der Waals surface area (Å²) >= 11 is 0. The fourth-order valence-corrected chi connectivity index (χ4v) is 6.16. The summed E-state index contributed by atoms with van der Waals surface area (Å²) in [6.45, 7) is 7.32. The second-order valence-electron chi connectivity index (χ2n) is 4.58. The van der Waals surface area contributed by atoms with E-state index in [2.05, 4.69) is 44.3 Å². The number of benzene rings is 1. The zero-order valence-corrected chi connectivity index (χ0v) is 9.09. The number of rotatable bonds is 0. The minimum absolute atomic E-state index is 0.808. The van der Waals surface area contributed by atoms with Crippen molar-refractivity contribution in [3.63, 3.8) is 0 Å². The van der Waals surface area contributed by atoms with Crippen LogP contribution >= 0.6 is 0 Å². The number of hydrogen-bond acceptors (Lipinski definition) is 0. The summed E-state index contributed by atoms with van der Waals surface area (Å²) in [7, 11) is -1.02. The summed E-state index contributed by atoms with van der Waals surface area (Å²) < 4.78 is 0. The van der Waals surface area contributed by atoms with Gasteiger partial charge in [-0.25, -0.2) is 0 Å². The molecule has 12 heavy (non-hydrogen) atoms. The summed E-state index contributed by atoms with van der Waals surface area (Å²) in [4.78, 5) is 0. The van der Waals surface area contributed by atoms with E-state index in [-0.39, 0.29) is 0 Å². The van der Waals surface area contributed by atoms with Crippen LogP contribution in [0.5, 0.6) is 0 Å². The lowest BCUT2D eigenvalue weighted by Crippen LogP contribution is -2.37. The summed E-state index contributed by atoms with van der Waals surface area (Å²) in [5.74, 6) is 0.808. The maximum atomic E-state index is 2.48. The van der Waals surface area contributed by atoms with Crippen LogP contribution in [0.3, 0.4) is 0 Å². The van der Waals surface area contributed by atoms with Gasteiger partial charge in [-0.2, -0.15) is 0 Å². The molecule has 0 bridgehead atoms. The van der Waals surface area contributed by atoms with Gasteiger partial charge in [0.1, 0.15) is 0 Å². The monoisotopic (exact) mass is 176 g/mol. The molecular formula is C11H16Si. The average molecular weight is 176 g/mol. The van der Waals surface area contributed by atoms with E-state index < -0.39 is 8.07 Å². The Morgan fingerprint density at radius 3 is 2.58 bits per heavy atom. The van der Waals surface area contributed by atoms with Crippen LogP contribution < -0.4 is 5.19 Å². The molecule has 0 fully saturated rings. The van der Waals surface area contributed by atoms with Crippen molar-refractivity contribution in [1.29, 1.82) is 0 Å². The summed E-state index contributed by atoms with van der Waals surface area (Å²) in [6.07, 6.45) is 0. The van der Waals surface area contributed by atoms with Crippen molar-refractivity contribution in [3.05, 3.63) is 29.8 Å². The van der Waals surface area contributed by atoms with Crippen molar-refractivity contribution in [3.8, 4) is 0 Å². The molecule has 0 N–H and O–H groups in total. The molecule has 1 unspecified atom stereocenters. The van der Waals surface area contributed by atoms with E-state index in [0.29, 0.717) is 0 Å². The van der Waals surface area contributed by atoms with Crippen molar-refractivity contribution >= 4 is 13.3 Å². The molecule has 1 aromatic rings. The molecule has 1 heterocycles. The topological polar surface area (TPSA) is 0 Å². The van der Waals surface area contributed by atoms with Gasteiger partial charge in [-0.15, -0.1) is 0 Å². The molecule has 0 saturated heterocycles. The molecule has 0 saturated carbocycles. The van der Waals surface area contributed by atoms with Crippen LogP contribution in [0.4, 0.5) is 0 Å². The van der Waals surface area contributed by atoms with Gasteiger partial charge >= 0.3 is 0 Å². The first kappa shape index (κ1) is 8.05. The molecule has 2 rings (SSSR count). The predicted octanol–water partition coefficient (Wildman–Crippen LogP) is 2.72. The van der Waals surface area contributed by atoms with Crippen molar-refractivity contribution in [2.24, 2.45) is 0 Å². The Hall–Kier alpha value is -0.563.